The molecular formula is C16H19N5O4S. The summed E-state index contributed by atoms with van der Waals surface area (Å²) < 4.78 is 39.7. The molecule has 2 heterocycles. The van der Waals surface area contributed by atoms with Crippen molar-refractivity contribution in [3.63, 3.8) is 0 Å². The van der Waals surface area contributed by atoms with Gasteiger partial charge in [0.1, 0.15) is 0 Å². The van der Waals surface area contributed by atoms with Crippen molar-refractivity contribution in [3.05, 3.63) is 41.5 Å². The fourth-order valence-corrected chi connectivity index (χ4v) is 3.63. The van der Waals surface area contributed by atoms with Crippen molar-refractivity contribution in [2.75, 3.05) is 14.2 Å². The summed E-state index contributed by atoms with van der Waals surface area (Å²) in [6, 6.07) is 6.26. The molecule has 0 radical (unpaired) electrons. The first-order valence-electron chi connectivity index (χ1n) is 7.75. The fourth-order valence-electron chi connectivity index (χ4n) is 2.64. The maximum absolute atomic E-state index is 12.6. The number of methoxy groups -OCH3 is 2. The third kappa shape index (κ3) is 3.33. The van der Waals surface area contributed by atoms with Crippen molar-refractivity contribution >= 4 is 15.8 Å². The number of rotatable bonds is 6. The lowest BCUT2D eigenvalue weighted by atomic mass is 10.3. The highest BCUT2D eigenvalue weighted by atomic mass is 32.2. The van der Waals surface area contributed by atoms with Crippen molar-refractivity contribution in [1.82, 2.24) is 24.3 Å². The fraction of sp³-hybridized carbons (Fsp3) is 0.312. The van der Waals surface area contributed by atoms with E-state index in [1.807, 2.05) is 19.9 Å². The first-order chi connectivity index (χ1) is 12.4. The van der Waals surface area contributed by atoms with Gasteiger partial charge in [0, 0.05) is 17.5 Å². The van der Waals surface area contributed by atoms with Crippen LogP contribution in [-0.4, -0.2) is 42.2 Å². The van der Waals surface area contributed by atoms with Gasteiger partial charge in [0.15, 0.2) is 17.3 Å². The van der Waals surface area contributed by atoms with Gasteiger partial charge in [-0.2, -0.15) is 0 Å². The second-order valence-electron chi connectivity index (χ2n) is 5.63. The van der Waals surface area contributed by atoms with Crippen LogP contribution in [0.2, 0.25) is 0 Å². The molecule has 3 rings (SSSR count). The summed E-state index contributed by atoms with van der Waals surface area (Å²) in [6.07, 6.45) is 0. The molecule has 1 N–H and O–H groups in total. The highest BCUT2D eigenvalue weighted by Crippen LogP contribution is 2.29. The smallest absolute Gasteiger partial charge is 0.255 e. The molecule has 0 spiro atoms. The topological polar surface area (TPSA) is 108 Å². The molecule has 10 heteroatoms. The Kier molecular flexibility index (Phi) is 4.79. The standard InChI is InChI=1S/C16H19N5O4S/c1-10-7-11(2)21-15(19-20-16(21)18-10)9-17-26(22,23)12-5-6-13(24-3)14(8-12)25-4/h5-8,17H,9H2,1-4H3. The molecule has 0 saturated carbocycles. The molecule has 3 aromatic rings. The van der Waals surface area contributed by atoms with Crippen LogP contribution >= 0.6 is 0 Å². The molecule has 0 fully saturated rings. The number of fused-ring (bicyclic) bond motifs is 1. The number of aromatic nitrogens is 4. The number of nitrogens with one attached hydrogen (secondary N) is 1. The Balaban J connectivity index is 1.87. The largest absolute Gasteiger partial charge is 0.493 e. The zero-order valence-corrected chi connectivity index (χ0v) is 15.7. The molecule has 26 heavy (non-hydrogen) atoms. The number of aryl methyl sites for hydroxylation is 2. The number of benzene rings is 1. The molecule has 0 atom stereocenters. The maximum atomic E-state index is 12.6. The van der Waals surface area contributed by atoms with Crippen LogP contribution in [-0.2, 0) is 16.6 Å². The molecule has 0 amide bonds. The van der Waals surface area contributed by atoms with Gasteiger partial charge < -0.3 is 9.47 Å². The van der Waals surface area contributed by atoms with Crippen molar-refractivity contribution < 1.29 is 17.9 Å². The minimum atomic E-state index is -3.77. The molecule has 0 unspecified atom stereocenters. The predicted octanol–water partition coefficient (Wildman–Crippen LogP) is 1.24. The van der Waals surface area contributed by atoms with Gasteiger partial charge in [0.2, 0.25) is 10.0 Å². The van der Waals surface area contributed by atoms with E-state index >= 15 is 0 Å². The minimum absolute atomic E-state index is 0.0244. The van der Waals surface area contributed by atoms with Gasteiger partial charge in [-0.05, 0) is 32.0 Å². The number of nitrogens with zero attached hydrogens (tertiary/aromatic N) is 4. The Bertz CT molecular complexity index is 1060. The van der Waals surface area contributed by atoms with Crippen molar-refractivity contribution in [2.45, 2.75) is 25.3 Å². The van der Waals surface area contributed by atoms with E-state index < -0.39 is 10.0 Å². The third-order valence-electron chi connectivity index (χ3n) is 3.85. The SMILES string of the molecule is COc1ccc(S(=O)(=O)NCc2nnc3nc(C)cc(C)n23)cc1OC. The van der Waals surface area contributed by atoms with Gasteiger partial charge in [0.25, 0.3) is 5.78 Å². The molecular weight excluding hydrogens is 358 g/mol. The van der Waals surface area contributed by atoms with Crippen molar-refractivity contribution in [1.29, 1.82) is 0 Å². The second-order valence-corrected chi connectivity index (χ2v) is 7.40. The molecule has 2 aromatic heterocycles. The second kappa shape index (κ2) is 6.89. The molecule has 0 aliphatic heterocycles. The quantitative estimate of drug-likeness (QED) is 0.688. The zero-order chi connectivity index (χ0) is 18.9. The van der Waals surface area contributed by atoms with E-state index in [0.29, 0.717) is 23.1 Å². The summed E-state index contributed by atoms with van der Waals surface area (Å²) >= 11 is 0. The first kappa shape index (κ1) is 18.1. The molecule has 138 valence electrons. The number of hydrogen-bond donors (Lipinski definition) is 1. The van der Waals surface area contributed by atoms with E-state index in [2.05, 4.69) is 19.9 Å². The van der Waals surface area contributed by atoms with Gasteiger partial charge >= 0.3 is 0 Å². The number of ether oxygens (including phenoxy) is 2. The number of sulfonamides is 1. The number of hydrogen-bond acceptors (Lipinski definition) is 7. The normalized spacial score (nSPS) is 11.7. The van der Waals surface area contributed by atoms with Crippen LogP contribution in [0.15, 0.2) is 29.2 Å². The van der Waals surface area contributed by atoms with Crippen LogP contribution in [0.5, 0.6) is 11.5 Å². The molecule has 0 aliphatic rings. The Hall–Kier alpha value is -2.72. The van der Waals surface area contributed by atoms with Gasteiger partial charge in [-0.1, -0.05) is 0 Å². The van der Waals surface area contributed by atoms with Crippen molar-refractivity contribution in [3.8, 4) is 11.5 Å². The van der Waals surface area contributed by atoms with Gasteiger partial charge in [-0.25, -0.2) is 18.1 Å². The van der Waals surface area contributed by atoms with Crippen LogP contribution in [0.1, 0.15) is 17.2 Å². The Morgan fingerprint density at radius 1 is 1.08 bits per heavy atom. The summed E-state index contributed by atoms with van der Waals surface area (Å²) in [5.74, 6) is 1.67. The van der Waals surface area contributed by atoms with Crippen LogP contribution in [0, 0.1) is 13.8 Å². The van der Waals surface area contributed by atoms with E-state index in [-0.39, 0.29) is 11.4 Å². The molecule has 0 bridgehead atoms. The molecule has 1 aromatic carbocycles. The van der Waals surface area contributed by atoms with Crippen LogP contribution < -0.4 is 14.2 Å². The Morgan fingerprint density at radius 2 is 1.81 bits per heavy atom. The third-order valence-corrected chi connectivity index (χ3v) is 5.24. The molecule has 9 nitrogen and oxygen atoms in total. The lowest BCUT2D eigenvalue weighted by Gasteiger charge is -2.11. The monoisotopic (exact) mass is 377 g/mol. The zero-order valence-electron chi connectivity index (χ0n) is 14.8. The van der Waals surface area contributed by atoms with E-state index in [4.69, 9.17) is 9.47 Å². The van der Waals surface area contributed by atoms with Crippen LogP contribution in [0.4, 0.5) is 0 Å². The highest BCUT2D eigenvalue weighted by Gasteiger charge is 2.19. The van der Waals surface area contributed by atoms with Gasteiger partial charge in [-0.3, -0.25) is 4.40 Å². The Morgan fingerprint density at radius 3 is 2.50 bits per heavy atom. The van der Waals surface area contributed by atoms with Crippen LogP contribution in [0.3, 0.4) is 0 Å². The lowest BCUT2D eigenvalue weighted by Crippen LogP contribution is -2.24. The molecule has 0 aliphatic carbocycles. The van der Waals surface area contributed by atoms with E-state index in [1.54, 1.807) is 4.40 Å². The van der Waals surface area contributed by atoms with Crippen LogP contribution in [0.25, 0.3) is 5.78 Å². The van der Waals surface area contributed by atoms with E-state index in [1.165, 1.54) is 32.4 Å². The summed E-state index contributed by atoms with van der Waals surface area (Å²) in [6.45, 7) is 3.72. The highest BCUT2D eigenvalue weighted by molar-refractivity contribution is 7.89. The van der Waals surface area contributed by atoms with E-state index in [9.17, 15) is 8.42 Å². The average Bonchev–Trinajstić information content (AvgIpc) is 3.02. The lowest BCUT2D eigenvalue weighted by molar-refractivity contribution is 0.354. The minimum Gasteiger partial charge on any atom is -0.493 e. The summed E-state index contributed by atoms with van der Waals surface area (Å²) in [5, 5.41) is 8.03. The Labute approximate surface area is 151 Å². The summed E-state index contributed by atoms with van der Waals surface area (Å²) in [5.41, 5.74) is 1.69. The summed E-state index contributed by atoms with van der Waals surface area (Å²) in [4.78, 5) is 4.35. The average molecular weight is 377 g/mol. The maximum Gasteiger partial charge on any atom is 0.255 e. The van der Waals surface area contributed by atoms with Gasteiger partial charge in [0.05, 0.1) is 25.7 Å². The predicted molar refractivity (Wildman–Crippen MR) is 93.8 cm³/mol. The summed E-state index contributed by atoms with van der Waals surface area (Å²) in [7, 11) is -0.840. The van der Waals surface area contributed by atoms with Crippen molar-refractivity contribution in [2.24, 2.45) is 0 Å². The first-order valence-corrected chi connectivity index (χ1v) is 9.24. The van der Waals surface area contributed by atoms with Gasteiger partial charge in [-0.15, -0.1) is 10.2 Å². The van der Waals surface area contributed by atoms with E-state index in [0.717, 1.165) is 11.4 Å². The molecule has 0 saturated heterocycles.